The molecular formula is C20H25NO3. The lowest BCUT2D eigenvalue weighted by molar-refractivity contribution is -0.120. The zero-order chi connectivity index (χ0) is 17.6. The van der Waals surface area contributed by atoms with Gasteiger partial charge in [-0.05, 0) is 49.6 Å². The van der Waals surface area contributed by atoms with Crippen LogP contribution < -0.4 is 10.1 Å². The van der Waals surface area contributed by atoms with Crippen molar-refractivity contribution in [3.8, 4) is 5.75 Å². The first-order valence-electron chi connectivity index (χ1n) is 8.23. The number of hydrogen-bond donors (Lipinski definition) is 2. The highest BCUT2D eigenvalue weighted by Gasteiger charge is 2.26. The molecule has 0 saturated heterocycles. The number of aliphatic hydroxyl groups is 1. The van der Waals surface area contributed by atoms with E-state index < -0.39 is 5.60 Å². The number of carbonyl (C=O) groups is 1. The Morgan fingerprint density at radius 2 is 1.92 bits per heavy atom. The molecule has 1 amide bonds. The molecule has 24 heavy (non-hydrogen) atoms. The Balaban J connectivity index is 2.02. The summed E-state index contributed by atoms with van der Waals surface area (Å²) in [6, 6.07) is 14.8. The molecule has 128 valence electrons. The Morgan fingerprint density at radius 1 is 1.21 bits per heavy atom. The molecule has 0 spiro atoms. The second kappa shape index (κ2) is 7.97. The lowest BCUT2D eigenvalue weighted by Crippen LogP contribution is -2.28. The Morgan fingerprint density at radius 3 is 2.54 bits per heavy atom. The van der Waals surface area contributed by atoms with Crippen LogP contribution in [0.3, 0.4) is 0 Å². The first-order chi connectivity index (χ1) is 11.4. The van der Waals surface area contributed by atoms with E-state index in [9.17, 15) is 9.90 Å². The fourth-order valence-corrected chi connectivity index (χ4v) is 2.49. The molecule has 0 aliphatic carbocycles. The van der Waals surface area contributed by atoms with E-state index in [1.165, 1.54) is 0 Å². The molecule has 4 nitrogen and oxygen atoms in total. The number of amides is 1. The van der Waals surface area contributed by atoms with Crippen molar-refractivity contribution in [2.24, 2.45) is 0 Å². The van der Waals surface area contributed by atoms with Crippen molar-refractivity contribution in [2.45, 2.75) is 39.2 Å². The van der Waals surface area contributed by atoms with Crippen LogP contribution >= 0.6 is 0 Å². The second-order valence-corrected chi connectivity index (χ2v) is 6.19. The minimum Gasteiger partial charge on any atom is -0.494 e. The van der Waals surface area contributed by atoms with Gasteiger partial charge in [-0.25, -0.2) is 0 Å². The van der Waals surface area contributed by atoms with Gasteiger partial charge in [0.2, 0.25) is 5.91 Å². The smallest absolute Gasteiger partial charge is 0.227 e. The molecule has 0 saturated carbocycles. The van der Waals surface area contributed by atoms with Crippen LogP contribution in [0.2, 0.25) is 0 Å². The van der Waals surface area contributed by atoms with E-state index in [0.717, 1.165) is 29.0 Å². The topological polar surface area (TPSA) is 58.6 Å². The highest BCUT2D eigenvalue weighted by atomic mass is 16.5. The third-order valence-corrected chi connectivity index (χ3v) is 3.85. The van der Waals surface area contributed by atoms with Gasteiger partial charge in [0, 0.05) is 5.69 Å². The molecule has 0 aliphatic heterocycles. The number of rotatable bonds is 7. The standard InChI is InChI=1S/C20H25NO3/c1-4-12-24-17-10-11-18(15(2)13-17)21-19(22)14-20(3,23)16-8-6-5-7-9-16/h5-11,13,23H,4,12,14H2,1-3H3,(H,21,22). The summed E-state index contributed by atoms with van der Waals surface area (Å²) in [5.41, 5.74) is 1.17. The van der Waals surface area contributed by atoms with Gasteiger partial charge in [0.15, 0.2) is 0 Å². The van der Waals surface area contributed by atoms with Crippen molar-refractivity contribution in [1.29, 1.82) is 0 Å². The minimum atomic E-state index is -1.20. The number of ether oxygens (including phenoxy) is 1. The fourth-order valence-electron chi connectivity index (χ4n) is 2.49. The van der Waals surface area contributed by atoms with Crippen LogP contribution in [0.4, 0.5) is 5.69 Å². The molecule has 0 aliphatic rings. The number of hydrogen-bond acceptors (Lipinski definition) is 3. The third kappa shape index (κ3) is 4.83. The van der Waals surface area contributed by atoms with Crippen LogP contribution in [-0.2, 0) is 10.4 Å². The van der Waals surface area contributed by atoms with Gasteiger partial charge in [-0.3, -0.25) is 4.79 Å². The van der Waals surface area contributed by atoms with Crippen molar-refractivity contribution < 1.29 is 14.6 Å². The zero-order valence-corrected chi connectivity index (χ0v) is 14.5. The molecule has 0 fully saturated rings. The first kappa shape index (κ1) is 18.0. The molecule has 0 bridgehead atoms. The Kier molecular flexibility index (Phi) is 5.99. The molecule has 1 atom stereocenters. The van der Waals surface area contributed by atoms with Crippen LogP contribution in [0.25, 0.3) is 0 Å². The van der Waals surface area contributed by atoms with Crippen LogP contribution in [-0.4, -0.2) is 17.6 Å². The molecule has 1 unspecified atom stereocenters. The Bertz CT molecular complexity index is 681. The summed E-state index contributed by atoms with van der Waals surface area (Å²) in [6.45, 7) is 6.30. The summed E-state index contributed by atoms with van der Waals surface area (Å²) in [5, 5.41) is 13.4. The number of carbonyl (C=O) groups excluding carboxylic acids is 1. The van der Waals surface area contributed by atoms with Gasteiger partial charge in [-0.15, -0.1) is 0 Å². The van der Waals surface area contributed by atoms with Gasteiger partial charge in [-0.1, -0.05) is 37.3 Å². The van der Waals surface area contributed by atoms with Crippen LogP contribution in [0.1, 0.15) is 37.8 Å². The highest BCUT2D eigenvalue weighted by Crippen LogP contribution is 2.26. The summed E-state index contributed by atoms with van der Waals surface area (Å²) in [6.07, 6.45) is 0.941. The molecule has 2 aromatic carbocycles. The number of aryl methyl sites for hydroxylation is 1. The Labute approximate surface area is 143 Å². The molecule has 2 N–H and O–H groups in total. The van der Waals surface area contributed by atoms with E-state index in [0.29, 0.717) is 6.61 Å². The average Bonchev–Trinajstić information content (AvgIpc) is 2.55. The highest BCUT2D eigenvalue weighted by molar-refractivity contribution is 5.92. The molecule has 0 heterocycles. The van der Waals surface area contributed by atoms with Crippen molar-refractivity contribution in [2.75, 3.05) is 11.9 Å². The van der Waals surface area contributed by atoms with Crippen molar-refractivity contribution >= 4 is 11.6 Å². The van der Waals surface area contributed by atoms with E-state index in [1.54, 1.807) is 6.92 Å². The predicted molar refractivity (Wildman–Crippen MR) is 96.2 cm³/mol. The monoisotopic (exact) mass is 327 g/mol. The maximum Gasteiger partial charge on any atom is 0.227 e. The van der Waals surface area contributed by atoms with E-state index in [4.69, 9.17) is 4.74 Å². The molecule has 2 rings (SSSR count). The van der Waals surface area contributed by atoms with E-state index >= 15 is 0 Å². The minimum absolute atomic E-state index is 0.00939. The maximum absolute atomic E-state index is 12.3. The second-order valence-electron chi connectivity index (χ2n) is 6.19. The fraction of sp³-hybridized carbons (Fsp3) is 0.350. The lowest BCUT2D eigenvalue weighted by Gasteiger charge is -2.23. The largest absolute Gasteiger partial charge is 0.494 e. The van der Waals surface area contributed by atoms with E-state index in [-0.39, 0.29) is 12.3 Å². The normalized spacial score (nSPS) is 13.2. The predicted octanol–water partition coefficient (Wildman–Crippen LogP) is 4.02. The summed E-state index contributed by atoms with van der Waals surface area (Å²) >= 11 is 0. The summed E-state index contributed by atoms with van der Waals surface area (Å²) in [5.74, 6) is 0.567. The average molecular weight is 327 g/mol. The van der Waals surface area contributed by atoms with Gasteiger partial charge in [0.25, 0.3) is 0 Å². The zero-order valence-electron chi connectivity index (χ0n) is 14.5. The first-order valence-corrected chi connectivity index (χ1v) is 8.23. The third-order valence-electron chi connectivity index (χ3n) is 3.85. The van der Waals surface area contributed by atoms with Crippen molar-refractivity contribution in [3.05, 3.63) is 59.7 Å². The van der Waals surface area contributed by atoms with Gasteiger partial charge >= 0.3 is 0 Å². The summed E-state index contributed by atoms with van der Waals surface area (Å²) in [7, 11) is 0. The lowest BCUT2D eigenvalue weighted by atomic mass is 9.92. The van der Waals surface area contributed by atoms with Crippen LogP contribution in [0.5, 0.6) is 5.75 Å². The van der Waals surface area contributed by atoms with Crippen LogP contribution in [0, 0.1) is 6.92 Å². The molecule has 0 aromatic heterocycles. The SMILES string of the molecule is CCCOc1ccc(NC(=O)CC(C)(O)c2ccccc2)c(C)c1. The number of nitrogens with one attached hydrogen (secondary N) is 1. The molecular weight excluding hydrogens is 302 g/mol. The van der Waals surface area contributed by atoms with Crippen molar-refractivity contribution in [1.82, 2.24) is 0 Å². The maximum atomic E-state index is 12.3. The quantitative estimate of drug-likeness (QED) is 0.807. The van der Waals surface area contributed by atoms with Gasteiger partial charge in [0.1, 0.15) is 5.75 Å². The van der Waals surface area contributed by atoms with E-state index in [1.807, 2.05) is 55.5 Å². The van der Waals surface area contributed by atoms with Crippen molar-refractivity contribution in [3.63, 3.8) is 0 Å². The van der Waals surface area contributed by atoms with Gasteiger partial charge in [-0.2, -0.15) is 0 Å². The number of benzene rings is 2. The number of anilines is 1. The van der Waals surface area contributed by atoms with Gasteiger partial charge in [0.05, 0.1) is 18.6 Å². The molecule has 4 heteroatoms. The summed E-state index contributed by atoms with van der Waals surface area (Å²) in [4.78, 5) is 12.3. The molecule has 2 aromatic rings. The van der Waals surface area contributed by atoms with E-state index in [2.05, 4.69) is 12.2 Å². The van der Waals surface area contributed by atoms with Gasteiger partial charge < -0.3 is 15.2 Å². The summed E-state index contributed by atoms with van der Waals surface area (Å²) < 4.78 is 5.58. The molecule has 0 radical (unpaired) electrons. The van der Waals surface area contributed by atoms with Crippen LogP contribution in [0.15, 0.2) is 48.5 Å². The Hall–Kier alpha value is -2.33.